The lowest BCUT2D eigenvalue weighted by molar-refractivity contribution is -0.275. The van der Waals surface area contributed by atoms with Crippen LogP contribution in [0.2, 0.25) is 0 Å². The Bertz CT molecular complexity index is 430. The number of rotatable bonds is 3. The fourth-order valence-corrected chi connectivity index (χ4v) is 1.15. The van der Waals surface area contributed by atoms with Crippen molar-refractivity contribution >= 4 is 11.6 Å². The quantitative estimate of drug-likeness (QED) is 0.843. The third-order valence-corrected chi connectivity index (χ3v) is 1.86. The lowest BCUT2D eigenvalue weighted by Crippen LogP contribution is -2.22. The molecule has 90 valence electrons. The average molecular weight is 258 g/mol. The van der Waals surface area contributed by atoms with Crippen LogP contribution in [0.4, 0.5) is 13.2 Å². The summed E-state index contributed by atoms with van der Waals surface area (Å²) in [7, 11) is 1.10. The number of halogens is 4. The van der Waals surface area contributed by atoms with Gasteiger partial charge < -0.3 is 14.5 Å². The van der Waals surface area contributed by atoms with E-state index in [9.17, 15) is 18.0 Å². The molecular weight excluding hydrogens is 251 g/mol. The Morgan fingerprint density at radius 2 is 2.12 bits per heavy atom. The Kier molecular flexibility index (Phi) is 3.69. The van der Waals surface area contributed by atoms with Crippen LogP contribution in [0.1, 0.15) is 5.69 Å². The van der Waals surface area contributed by atoms with Crippen molar-refractivity contribution in [1.29, 1.82) is 0 Å². The number of aromatic amines is 1. The van der Waals surface area contributed by atoms with Gasteiger partial charge >= 0.3 is 6.36 Å². The van der Waals surface area contributed by atoms with Gasteiger partial charge in [-0.3, -0.25) is 4.79 Å². The maximum absolute atomic E-state index is 12.0. The van der Waals surface area contributed by atoms with E-state index in [1.807, 2.05) is 0 Å². The minimum Gasteiger partial charge on any atom is -0.480 e. The van der Waals surface area contributed by atoms with Gasteiger partial charge in [0, 0.05) is 11.8 Å². The number of ether oxygens (including phenoxy) is 2. The third-order valence-electron chi connectivity index (χ3n) is 1.58. The van der Waals surface area contributed by atoms with Gasteiger partial charge in [-0.1, -0.05) is 0 Å². The predicted octanol–water partition coefficient (Wildman–Crippen LogP) is 2.02. The highest BCUT2D eigenvalue weighted by atomic mass is 35.5. The van der Waals surface area contributed by atoms with Crippen LogP contribution in [0.15, 0.2) is 10.9 Å². The van der Waals surface area contributed by atoms with E-state index in [0.717, 1.165) is 13.2 Å². The van der Waals surface area contributed by atoms with Gasteiger partial charge in [0.05, 0.1) is 13.0 Å². The highest BCUT2D eigenvalue weighted by Gasteiger charge is 2.34. The molecule has 0 aromatic carbocycles. The summed E-state index contributed by atoms with van der Waals surface area (Å²) in [6.07, 6.45) is -4.96. The molecule has 1 aromatic heterocycles. The van der Waals surface area contributed by atoms with Crippen molar-refractivity contribution in [2.45, 2.75) is 12.2 Å². The zero-order chi connectivity index (χ0) is 12.3. The molecule has 0 aliphatic carbocycles. The third kappa shape index (κ3) is 3.06. The van der Waals surface area contributed by atoms with Crippen molar-refractivity contribution in [3.8, 4) is 11.6 Å². The summed E-state index contributed by atoms with van der Waals surface area (Å²) in [6.45, 7) is 0. The molecule has 0 aliphatic rings. The maximum atomic E-state index is 12.0. The van der Waals surface area contributed by atoms with Crippen LogP contribution in [-0.4, -0.2) is 18.5 Å². The van der Waals surface area contributed by atoms with Crippen LogP contribution in [0.5, 0.6) is 11.6 Å². The van der Waals surface area contributed by atoms with Crippen LogP contribution in [0.25, 0.3) is 0 Å². The highest BCUT2D eigenvalue weighted by molar-refractivity contribution is 6.16. The number of alkyl halides is 4. The molecule has 0 amide bonds. The van der Waals surface area contributed by atoms with Crippen molar-refractivity contribution in [2.24, 2.45) is 0 Å². The summed E-state index contributed by atoms with van der Waals surface area (Å²) in [4.78, 5) is 13.7. The number of H-pyrrole nitrogens is 1. The first-order valence-corrected chi connectivity index (χ1v) is 4.52. The lowest BCUT2D eigenvalue weighted by Gasteiger charge is -2.12. The lowest BCUT2D eigenvalue weighted by atomic mass is 10.3. The Morgan fingerprint density at radius 3 is 2.56 bits per heavy atom. The first-order valence-electron chi connectivity index (χ1n) is 3.99. The zero-order valence-corrected chi connectivity index (χ0v) is 8.78. The smallest absolute Gasteiger partial charge is 0.480 e. The number of hydrogen-bond donors (Lipinski definition) is 1. The Balaban J connectivity index is 3.22. The largest absolute Gasteiger partial charge is 0.573 e. The zero-order valence-electron chi connectivity index (χ0n) is 8.02. The number of aromatic nitrogens is 1. The average Bonchev–Trinajstić information content (AvgIpc) is 2.19. The summed E-state index contributed by atoms with van der Waals surface area (Å²) < 4.78 is 44.0. The molecule has 8 heteroatoms. The van der Waals surface area contributed by atoms with Crippen LogP contribution < -0.4 is 14.9 Å². The molecule has 0 atom stereocenters. The molecule has 4 nitrogen and oxygen atoms in total. The molecule has 1 heterocycles. The van der Waals surface area contributed by atoms with Crippen LogP contribution in [-0.2, 0) is 5.88 Å². The van der Waals surface area contributed by atoms with Gasteiger partial charge in [0.15, 0.2) is 0 Å². The van der Waals surface area contributed by atoms with Gasteiger partial charge in [0.2, 0.25) is 17.1 Å². The second-order valence-electron chi connectivity index (χ2n) is 2.70. The molecular formula is C8H7ClF3NO3. The first-order chi connectivity index (χ1) is 7.37. The molecule has 0 radical (unpaired) electrons. The fraction of sp³-hybridized carbons (Fsp3) is 0.375. The van der Waals surface area contributed by atoms with Crippen LogP contribution in [0.3, 0.4) is 0 Å². The molecule has 0 unspecified atom stereocenters. The van der Waals surface area contributed by atoms with E-state index in [1.165, 1.54) is 0 Å². The minimum absolute atomic E-state index is 0.0576. The second kappa shape index (κ2) is 4.65. The summed E-state index contributed by atoms with van der Waals surface area (Å²) >= 11 is 5.42. The van der Waals surface area contributed by atoms with Gasteiger partial charge in [-0.05, 0) is 0 Å². The van der Waals surface area contributed by atoms with Gasteiger partial charge in [-0.15, -0.1) is 24.8 Å². The topological polar surface area (TPSA) is 51.3 Å². The summed E-state index contributed by atoms with van der Waals surface area (Å²) in [5.41, 5.74) is -0.721. The first kappa shape index (κ1) is 12.7. The van der Waals surface area contributed by atoms with Crippen LogP contribution in [0, 0.1) is 0 Å². The molecule has 1 rings (SSSR count). The molecule has 0 saturated carbocycles. The van der Waals surface area contributed by atoms with E-state index >= 15 is 0 Å². The summed E-state index contributed by atoms with van der Waals surface area (Å²) in [6, 6.07) is 0.913. The Hall–Kier alpha value is -1.37. The summed E-state index contributed by atoms with van der Waals surface area (Å²) in [5, 5.41) is 0. The number of nitrogens with one attached hydrogen (secondary N) is 1. The Labute approximate surface area is 92.9 Å². The van der Waals surface area contributed by atoms with Gasteiger partial charge in [-0.25, -0.2) is 0 Å². The molecule has 1 N–H and O–H groups in total. The van der Waals surface area contributed by atoms with Gasteiger partial charge in [0.25, 0.3) is 0 Å². The SMILES string of the molecule is COc1[nH]c(CCl)cc(=O)c1OC(F)(F)F. The number of methoxy groups -OCH3 is 1. The van der Waals surface area contributed by atoms with E-state index in [0.29, 0.717) is 0 Å². The van der Waals surface area contributed by atoms with E-state index in [4.69, 9.17) is 11.6 Å². The molecule has 1 aromatic rings. The number of pyridine rings is 1. The maximum Gasteiger partial charge on any atom is 0.573 e. The molecule has 16 heavy (non-hydrogen) atoms. The molecule has 0 fully saturated rings. The van der Waals surface area contributed by atoms with E-state index in [2.05, 4.69) is 14.5 Å². The highest BCUT2D eigenvalue weighted by Crippen LogP contribution is 2.27. The normalized spacial score (nSPS) is 11.3. The molecule has 0 bridgehead atoms. The standard InChI is InChI=1S/C8H7ClF3NO3/c1-15-7-6(16-8(10,11)12)5(14)2-4(3-9)13-7/h2H,3H2,1H3,(H,13,14). The van der Waals surface area contributed by atoms with Gasteiger partial charge in [0.1, 0.15) is 0 Å². The summed E-state index contributed by atoms with van der Waals surface area (Å²) in [5.74, 6) is -1.41. The number of hydrogen-bond acceptors (Lipinski definition) is 3. The van der Waals surface area contributed by atoms with E-state index in [-0.39, 0.29) is 11.6 Å². The Morgan fingerprint density at radius 1 is 1.50 bits per heavy atom. The van der Waals surface area contributed by atoms with E-state index in [1.54, 1.807) is 0 Å². The second-order valence-corrected chi connectivity index (χ2v) is 2.97. The molecule has 0 aliphatic heterocycles. The molecule has 0 saturated heterocycles. The fourth-order valence-electron chi connectivity index (χ4n) is 1.00. The van der Waals surface area contributed by atoms with Crippen molar-refractivity contribution in [3.05, 3.63) is 22.0 Å². The van der Waals surface area contributed by atoms with Crippen molar-refractivity contribution in [3.63, 3.8) is 0 Å². The van der Waals surface area contributed by atoms with E-state index < -0.39 is 23.4 Å². The monoisotopic (exact) mass is 257 g/mol. The van der Waals surface area contributed by atoms with Crippen molar-refractivity contribution in [2.75, 3.05) is 7.11 Å². The molecule has 0 spiro atoms. The van der Waals surface area contributed by atoms with Crippen molar-refractivity contribution in [1.82, 2.24) is 4.98 Å². The predicted molar refractivity (Wildman–Crippen MR) is 49.9 cm³/mol. The minimum atomic E-state index is -4.96. The van der Waals surface area contributed by atoms with Crippen molar-refractivity contribution < 1.29 is 22.6 Å². The van der Waals surface area contributed by atoms with Crippen LogP contribution >= 0.6 is 11.6 Å². The van der Waals surface area contributed by atoms with Gasteiger partial charge in [-0.2, -0.15) is 0 Å².